The van der Waals surface area contributed by atoms with Gasteiger partial charge in [-0.25, -0.2) is 9.37 Å². The first-order valence-electron chi connectivity index (χ1n) is 12.3. The molecule has 0 aliphatic heterocycles. The Bertz CT molecular complexity index is 1390. The van der Waals surface area contributed by atoms with E-state index in [-0.39, 0.29) is 29.3 Å². The summed E-state index contributed by atoms with van der Waals surface area (Å²) in [6, 6.07) is 12.8. The molecular weight excluding hydrogens is 471 g/mol. The fourth-order valence-corrected chi connectivity index (χ4v) is 4.56. The van der Waals surface area contributed by atoms with Crippen LogP contribution in [0.4, 0.5) is 21.7 Å². The highest BCUT2D eigenvalue weighted by Gasteiger charge is 2.24. The van der Waals surface area contributed by atoms with Gasteiger partial charge in [0.1, 0.15) is 5.82 Å². The van der Waals surface area contributed by atoms with Gasteiger partial charge >= 0.3 is 0 Å². The predicted molar refractivity (Wildman–Crippen MR) is 141 cm³/mol. The molecular formula is C27H29FN8O. The molecule has 10 heteroatoms. The number of nitrogens with two attached hydrogens (primary N) is 2. The van der Waals surface area contributed by atoms with Crippen LogP contribution >= 0.6 is 0 Å². The lowest BCUT2D eigenvalue weighted by Gasteiger charge is -2.30. The molecule has 0 radical (unpaired) electrons. The first-order chi connectivity index (χ1) is 18.0. The van der Waals surface area contributed by atoms with Crippen LogP contribution < -0.4 is 22.1 Å². The first kappa shape index (κ1) is 24.4. The van der Waals surface area contributed by atoms with Gasteiger partial charge < -0.3 is 22.1 Å². The van der Waals surface area contributed by atoms with Crippen molar-refractivity contribution < 1.29 is 9.18 Å². The van der Waals surface area contributed by atoms with Crippen LogP contribution in [0.1, 0.15) is 41.6 Å². The second-order valence-corrected chi connectivity index (χ2v) is 9.28. The van der Waals surface area contributed by atoms with Crippen molar-refractivity contribution in [2.75, 3.05) is 10.6 Å². The second-order valence-electron chi connectivity index (χ2n) is 9.28. The van der Waals surface area contributed by atoms with Gasteiger partial charge in [0, 0.05) is 35.6 Å². The summed E-state index contributed by atoms with van der Waals surface area (Å²) < 4.78 is 16.7. The van der Waals surface area contributed by atoms with Crippen molar-refractivity contribution in [2.45, 2.75) is 44.3 Å². The van der Waals surface area contributed by atoms with Gasteiger partial charge in [0.25, 0.3) is 5.91 Å². The van der Waals surface area contributed by atoms with Gasteiger partial charge in [-0.15, -0.1) is 0 Å². The number of benzene rings is 1. The Morgan fingerprint density at radius 1 is 1.05 bits per heavy atom. The van der Waals surface area contributed by atoms with Crippen molar-refractivity contribution in [1.82, 2.24) is 19.7 Å². The summed E-state index contributed by atoms with van der Waals surface area (Å²) in [5.74, 6) is -1.28. The zero-order valence-electron chi connectivity index (χ0n) is 20.3. The van der Waals surface area contributed by atoms with Crippen molar-refractivity contribution in [2.24, 2.45) is 11.5 Å². The maximum atomic E-state index is 14.8. The van der Waals surface area contributed by atoms with E-state index < -0.39 is 11.7 Å². The molecule has 1 fully saturated rings. The predicted octanol–water partition coefficient (Wildman–Crippen LogP) is 4.05. The van der Waals surface area contributed by atoms with Gasteiger partial charge in [-0.05, 0) is 30.5 Å². The lowest BCUT2D eigenvalue weighted by molar-refractivity contribution is 0.100. The number of carbonyl (C=O) groups excluding carboxylic acids is 1. The lowest BCUT2D eigenvalue weighted by Crippen LogP contribution is -2.43. The van der Waals surface area contributed by atoms with E-state index in [0.29, 0.717) is 12.2 Å². The summed E-state index contributed by atoms with van der Waals surface area (Å²) in [7, 11) is 0. The van der Waals surface area contributed by atoms with Crippen molar-refractivity contribution in [1.29, 1.82) is 0 Å². The summed E-state index contributed by atoms with van der Waals surface area (Å²) in [6.45, 7) is 0.647. The number of rotatable bonds is 8. The summed E-state index contributed by atoms with van der Waals surface area (Å²) in [6.07, 6.45) is 10.8. The van der Waals surface area contributed by atoms with E-state index >= 15 is 0 Å². The number of nitrogens with zero attached hydrogens (tertiary/aromatic N) is 4. The van der Waals surface area contributed by atoms with Crippen LogP contribution in [0, 0.1) is 5.82 Å². The van der Waals surface area contributed by atoms with Gasteiger partial charge in [0.05, 0.1) is 30.2 Å². The van der Waals surface area contributed by atoms with Gasteiger partial charge in [0.15, 0.2) is 11.6 Å². The molecule has 4 aromatic rings. The quantitative estimate of drug-likeness (QED) is 0.286. The van der Waals surface area contributed by atoms with Crippen LogP contribution in [-0.4, -0.2) is 37.7 Å². The number of amides is 1. The molecule has 0 bridgehead atoms. The highest BCUT2D eigenvalue weighted by atomic mass is 19.1. The molecule has 1 saturated carbocycles. The minimum Gasteiger partial charge on any atom is -0.365 e. The Morgan fingerprint density at radius 2 is 1.86 bits per heavy atom. The highest BCUT2D eigenvalue weighted by Crippen LogP contribution is 2.28. The van der Waals surface area contributed by atoms with Crippen LogP contribution in [0.2, 0.25) is 0 Å². The molecule has 0 unspecified atom stereocenters. The molecule has 0 saturated heterocycles. The Balaban J connectivity index is 1.38. The average Bonchev–Trinajstić information content (AvgIpc) is 3.36. The van der Waals surface area contributed by atoms with Crippen molar-refractivity contribution in [3.05, 3.63) is 84.2 Å². The number of aromatic nitrogens is 4. The van der Waals surface area contributed by atoms with Crippen LogP contribution in [0.25, 0.3) is 11.1 Å². The molecule has 1 aliphatic carbocycles. The maximum Gasteiger partial charge on any atom is 0.252 e. The van der Waals surface area contributed by atoms with Gasteiger partial charge in [-0.1, -0.05) is 43.2 Å². The fourth-order valence-electron chi connectivity index (χ4n) is 4.56. The number of anilines is 3. The van der Waals surface area contributed by atoms with Crippen molar-refractivity contribution >= 4 is 23.2 Å². The van der Waals surface area contributed by atoms with Gasteiger partial charge in [-0.3, -0.25) is 14.5 Å². The minimum absolute atomic E-state index is 0.0288. The van der Waals surface area contributed by atoms with E-state index in [9.17, 15) is 9.18 Å². The van der Waals surface area contributed by atoms with E-state index in [1.807, 2.05) is 47.3 Å². The largest absolute Gasteiger partial charge is 0.365 e. The maximum absolute atomic E-state index is 14.8. The number of hydrogen-bond donors (Lipinski definition) is 4. The van der Waals surface area contributed by atoms with E-state index in [4.69, 9.17) is 11.5 Å². The average molecular weight is 501 g/mol. The molecule has 1 amide bonds. The van der Waals surface area contributed by atoms with E-state index in [1.165, 1.54) is 0 Å². The summed E-state index contributed by atoms with van der Waals surface area (Å²) >= 11 is 0. The molecule has 37 heavy (non-hydrogen) atoms. The number of carbonyl (C=O) groups is 1. The molecule has 5 rings (SSSR count). The Morgan fingerprint density at radius 3 is 2.65 bits per heavy atom. The summed E-state index contributed by atoms with van der Waals surface area (Å²) in [4.78, 5) is 20.8. The molecule has 190 valence electrons. The van der Waals surface area contributed by atoms with E-state index in [2.05, 4.69) is 25.7 Å². The van der Waals surface area contributed by atoms with E-state index in [1.54, 1.807) is 18.6 Å². The van der Waals surface area contributed by atoms with Crippen LogP contribution in [-0.2, 0) is 6.54 Å². The number of primary amides is 1. The topological polar surface area (TPSA) is 137 Å². The summed E-state index contributed by atoms with van der Waals surface area (Å²) in [5.41, 5.74) is 15.1. The molecule has 1 aliphatic rings. The standard InChI is InChI=1S/C27H29FN8O/c28-22-11-21(25(30)37)26(35-27(22)34-24-9-5-4-8-23(24)29)33-20-10-18(12-31-14-20)19-13-32-36(16-19)15-17-6-2-1-3-7-17/h1-3,6-7,10-14,16,23-24H,4-5,8-9,15,29H2,(H2,30,37)(H2,33,34,35)/t23-,24+/m0/s1. The third-order valence-electron chi connectivity index (χ3n) is 6.54. The summed E-state index contributed by atoms with van der Waals surface area (Å²) in [5, 5.41) is 10.7. The normalized spacial score (nSPS) is 17.4. The molecule has 0 spiro atoms. The number of pyridine rings is 2. The minimum atomic E-state index is -0.791. The van der Waals surface area contributed by atoms with Gasteiger partial charge in [-0.2, -0.15) is 5.10 Å². The third-order valence-corrected chi connectivity index (χ3v) is 6.54. The van der Waals surface area contributed by atoms with Crippen molar-refractivity contribution in [3.8, 4) is 11.1 Å². The smallest absolute Gasteiger partial charge is 0.252 e. The van der Waals surface area contributed by atoms with Gasteiger partial charge in [0.2, 0.25) is 0 Å². The zero-order chi connectivity index (χ0) is 25.8. The SMILES string of the molecule is NC(=O)c1cc(F)c(N[C@@H]2CCCC[C@@H]2N)nc1Nc1cncc(-c2cnn(Cc3ccccc3)c2)c1. The third kappa shape index (κ3) is 5.75. The van der Waals surface area contributed by atoms with Crippen LogP contribution in [0.3, 0.4) is 0 Å². The fraction of sp³-hybridized carbons (Fsp3) is 0.259. The molecule has 9 nitrogen and oxygen atoms in total. The number of nitrogens with one attached hydrogen (secondary N) is 2. The molecule has 6 N–H and O–H groups in total. The second kappa shape index (κ2) is 10.8. The highest BCUT2D eigenvalue weighted by molar-refractivity contribution is 5.98. The Kier molecular flexibility index (Phi) is 7.09. The molecule has 3 heterocycles. The van der Waals surface area contributed by atoms with Crippen LogP contribution in [0.15, 0.2) is 67.3 Å². The molecule has 2 atom stereocenters. The Hall–Kier alpha value is -4.31. The molecule has 3 aromatic heterocycles. The van der Waals surface area contributed by atoms with E-state index in [0.717, 1.165) is 48.4 Å². The zero-order valence-corrected chi connectivity index (χ0v) is 20.3. The number of halogens is 1. The Labute approximate surface area is 214 Å². The lowest BCUT2D eigenvalue weighted by atomic mass is 9.91. The monoisotopic (exact) mass is 500 g/mol. The van der Waals surface area contributed by atoms with Crippen molar-refractivity contribution in [3.63, 3.8) is 0 Å². The van der Waals surface area contributed by atoms with Crippen LogP contribution in [0.5, 0.6) is 0 Å². The first-order valence-corrected chi connectivity index (χ1v) is 12.3. The molecule has 1 aromatic carbocycles. The number of hydrogen-bond acceptors (Lipinski definition) is 7.